The maximum absolute atomic E-state index is 12.8. The van der Waals surface area contributed by atoms with Crippen molar-refractivity contribution in [3.05, 3.63) is 35.8 Å². The van der Waals surface area contributed by atoms with Gasteiger partial charge in [-0.05, 0) is 80.9 Å². The topological polar surface area (TPSA) is 46.4 Å². The summed E-state index contributed by atoms with van der Waals surface area (Å²) in [6.07, 6.45) is 11.5. The van der Waals surface area contributed by atoms with Crippen molar-refractivity contribution >= 4 is 11.6 Å². The summed E-state index contributed by atoms with van der Waals surface area (Å²) in [6.45, 7) is 2.05. The first-order valence-corrected chi connectivity index (χ1v) is 8.86. The number of amides is 1. The lowest BCUT2D eigenvalue weighted by Crippen LogP contribution is -2.59. The minimum atomic E-state index is 0.00769. The highest BCUT2D eigenvalue weighted by Gasteiger charge is 2.51. The second kappa shape index (κ2) is 4.59. The molecule has 4 nitrogen and oxygen atoms in total. The lowest BCUT2D eigenvalue weighted by atomic mass is 9.53. The lowest BCUT2D eigenvalue weighted by Gasteiger charge is -2.56. The molecule has 4 aliphatic carbocycles. The quantitative estimate of drug-likeness (QED) is 0.925. The fourth-order valence-electron chi connectivity index (χ4n) is 5.76. The zero-order valence-electron chi connectivity index (χ0n) is 13.6. The van der Waals surface area contributed by atoms with Crippen molar-refractivity contribution in [1.82, 2.24) is 14.7 Å². The minimum absolute atomic E-state index is 0.00769. The highest BCUT2D eigenvalue weighted by atomic mass is 16.2. The fraction of sp³-hybridized carbons (Fsp3) is 0.579. The average Bonchev–Trinajstić information content (AvgIpc) is 2.88. The monoisotopic (exact) mass is 309 g/mol. The summed E-state index contributed by atoms with van der Waals surface area (Å²) in [7, 11) is 0. The number of nitrogens with one attached hydrogen (secondary N) is 1. The molecule has 23 heavy (non-hydrogen) atoms. The van der Waals surface area contributed by atoms with E-state index in [2.05, 4.69) is 10.3 Å². The van der Waals surface area contributed by atoms with E-state index in [1.807, 2.05) is 35.9 Å². The molecule has 4 aliphatic rings. The highest BCUT2D eigenvalue weighted by molar-refractivity contribution is 5.93. The van der Waals surface area contributed by atoms with Crippen LogP contribution in [-0.4, -0.2) is 20.8 Å². The van der Waals surface area contributed by atoms with Crippen molar-refractivity contribution in [3.8, 4) is 0 Å². The summed E-state index contributed by atoms with van der Waals surface area (Å²) >= 11 is 0. The predicted octanol–water partition coefficient (Wildman–Crippen LogP) is 3.34. The molecule has 4 heteroatoms. The van der Waals surface area contributed by atoms with E-state index in [1.165, 1.54) is 38.5 Å². The molecular weight excluding hydrogens is 286 g/mol. The van der Waals surface area contributed by atoms with E-state index in [0.29, 0.717) is 5.69 Å². The van der Waals surface area contributed by atoms with E-state index in [-0.39, 0.29) is 11.4 Å². The van der Waals surface area contributed by atoms with E-state index in [1.54, 1.807) is 0 Å². The Kier molecular flexibility index (Phi) is 2.71. The molecule has 6 rings (SSSR count). The van der Waals surface area contributed by atoms with Crippen LogP contribution in [0.25, 0.3) is 5.65 Å². The number of carbonyl (C=O) groups excluding carboxylic acids is 1. The number of pyridine rings is 1. The first-order chi connectivity index (χ1) is 11.1. The number of fused-ring (bicyclic) bond motifs is 1. The van der Waals surface area contributed by atoms with Gasteiger partial charge in [0.15, 0.2) is 0 Å². The van der Waals surface area contributed by atoms with E-state index in [9.17, 15) is 4.79 Å². The van der Waals surface area contributed by atoms with E-state index in [0.717, 1.165) is 29.0 Å². The van der Waals surface area contributed by atoms with Gasteiger partial charge in [-0.3, -0.25) is 4.79 Å². The van der Waals surface area contributed by atoms with Gasteiger partial charge in [-0.1, -0.05) is 0 Å². The van der Waals surface area contributed by atoms with Crippen LogP contribution >= 0.6 is 0 Å². The van der Waals surface area contributed by atoms with Gasteiger partial charge in [0, 0.05) is 17.9 Å². The maximum Gasteiger partial charge on any atom is 0.271 e. The molecule has 120 valence electrons. The molecule has 1 amide bonds. The third kappa shape index (κ3) is 2.19. The van der Waals surface area contributed by atoms with Crippen LogP contribution in [0.1, 0.15) is 54.6 Å². The largest absolute Gasteiger partial charge is 0.345 e. The lowest BCUT2D eigenvalue weighted by molar-refractivity contribution is -0.0167. The minimum Gasteiger partial charge on any atom is -0.345 e. The summed E-state index contributed by atoms with van der Waals surface area (Å²) < 4.78 is 1.93. The summed E-state index contributed by atoms with van der Waals surface area (Å²) in [5.74, 6) is 2.52. The third-order valence-electron chi connectivity index (χ3n) is 6.27. The van der Waals surface area contributed by atoms with Crippen LogP contribution in [0.2, 0.25) is 0 Å². The van der Waals surface area contributed by atoms with Crippen molar-refractivity contribution < 1.29 is 4.79 Å². The molecule has 4 saturated carbocycles. The van der Waals surface area contributed by atoms with Gasteiger partial charge in [0.1, 0.15) is 11.3 Å². The molecule has 0 aliphatic heterocycles. The summed E-state index contributed by atoms with van der Waals surface area (Å²) in [4.78, 5) is 17.3. The normalized spacial score (nSPS) is 34.9. The number of hydrogen-bond donors (Lipinski definition) is 1. The first-order valence-electron chi connectivity index (χ1n) is 8.86. The Balaban J connectivity index is 1.42. The van der Waals surface area contributed by atoms with Gasteiger partial charge in [0.25, 0.3) is 5.91 Å². The molecule has 2 aromatic rings. The smallest absolute Gasteiger partial charge is 0.271 e. The molecule has 0 unspecified atom stereocenters. The van der Waals surface area contributed by atoms with E-state index >= 15 is 0 Å². The molecule has 2 aromatic heterocycles. The predicted molar refractivity (Wildman–Crippen MR) is 88.3 cm³/mol. The van der Waals surface area contributed by atoms with Gasteiger partial charge >= 0.3 is 0 Å². The maximum atomic E-state index is 12.8. The third-order valence-corrected chi connectivity index (χ3v) is 6.27. The molecule has 4 fully saturated rings. The molecule has 0 atom stereocenters. The fourth-order valence-corrected chi connectivity index (χ4v) is 5.76. The molecule has 0 radical (unpaired) electrons. The van der Waals surface area contributed by atoms with Crippen LogP contribution in [0.5, 0.6) is 0 Å². The Morgan fingerprint density at radius 1 is 1.22 bits per heavy atom. The van der Waals surface area contributed by atoms with Crippen LogP contribution in [0.15, 0.2) is 24.5 Å². The number of carbonyl (C=O) groups is 1. The van der Waals surface area contributed by atoms with Gasteiger partial charge < -0.3 is 9.72 Å². The van der Waals surface area contributed by atoms with Crippen LogP contribution < -0.4 is 5.32 Å². The zero-order valence-corrected chi connectivity index (χ0v) is 13.6. The van der Waals surface area contributed by atoms with E-state index in [4.69, 9.17) is 0 Å². The van der Waals surface area contributed by atoms with E-state index < -0.39 is 0 Å². The van der Waals surface area contributed by atoms with Crippen molar-refractivity contribution in [1.29, 1.82) is 0 Å². The van der Waals surface area contributed by atoms with Crippen molar-refractivity contribution in [2.45, 2.75) is 51.0 Å². The number of imidazole rings is 1. The second-order valence-corrected chi connectivity index (χ2v) is 8.25. The van der Waals surface area contributed by atoms with Crippen molar-refractivity contribution in [2.24, 2.45) is 17.8 Å². The molecule has 1 N–H and O–H groups in total. The van der Waals surface area contributed by atoms with Gasteiger partial charge in [-0.15, -0.1) is 0 Å². The van der Waals surface area contributed by atoms with Gasteiger partial charge in [-0.25, -0.2) is 4.98 Å². The van der Waals surface area contributed by atoms with Crippen LogP contribution in [-0.2, 0) is 0 Å². The molecule has 0 aromatic carbocycles. The standard InChI is InChI=1S/C19H23N3O/c1-12-2-3-22-11-16(20-17(22)4-12)18(23)21-19-8-13-5-14(9-19)7-15(6-13)10-19/h2-4,11,13-15H,5-10H2,1H3,(H,21,23). The summed E-state index contributed by atoms with van der Waals surface area (Å²) in [6, 6.07) is 4.05. The Bertz CT molecular complexity index is 756. The molecule has 4 bridgehead atoms. The summed E-state index contributed by atoms with van der Waals surface area (Å²) in [5, 5.41) is 3.40. The van der Waals surface area contributed by atoms with Crippen LogP contribution in [0.3, 0.4) is 0 Å². The molecule has 2 heterocycles. The van der Waals surface area contributed by atoms with Gasteiger partial charge in [0.05, 0.1) is 0 Å². The van der Waals surface area contributed by atoms with Crippen molar-refractivity contribution in [2.75, 3.05) is 0 Å². The zero-order chi connectivity index (χ0) is 15.6. The SMILES string of the molecule is Cc1ccn2cc(C(=O)NC34CC5CC(CC(C5)C3)C4)nc2c1. The molecule has 0 saturated heterocycles. The second-order valence-electron chi connectivity index (χ2n) is 8.25. The number of hydrogen-bond acceptors (Lipinski definition) is 2. The number of aryl methyl sites for hydroxylation is 1. The molecular formula is C19H23N3O. The summed E-state index contributed by atoms with van der Waals surface area (Å²) in [5.41, 5.74) is 2.61. The Hall–Kier alpha value is -1.84. The Morgan fingerprint density at radius 3 is 2.52 bits per heavy atom. The van der Waals surface area contributed by atoms with Gasteiger partial charge in [0.2, 0.25) is 0 Å². The number of rotatable bonds is 2. The highest BCUT2D eigenvalue weighted by Crippen LogP contribution is 2.55. The Labute approximate surface area is 136 Å². The van der Waals surface area contributed by atoms with Crippen LogP contribution in [0.4, 0.5) is 0 Å². The Morgan fingerprint density at radius 2 is 1.87 bits per heavy atom. The number of aromatic nitrogens is 2. The van der Waals surface area contributed by atoms with Crippen LogP contribution in [0, 0.1) is 24.7 Å². The van der Waals surface area contributed by atoms with Crippen molar-refractivity contribution in [3.63, 3.8) is 0 Å². The average molecular weight is 309 g/mol. The van der Waals surface area contributed by atoms with Gasteiger partial charge in [-0.2, -0.15) is 0 Å². The molecule has 0 spiro atoms. The number of nitrogens with zero attached hydrogens (tertiary/aromatic N) is 2. The first kappa shape index (κ1) is 13.6.